The van der Waals surface area contributed by atoms with Crippen LogP contribution < -0.4 is 10.1 Å². The van der Waals surface area contributed by atoms with E-state index in [0.29, 0.717) is 41.4 Å². The number of hydrogen-bond acceptors (Lipinski definition) is 6. The van der Waals surface area contributed by atoms with Crippen LogP contribution in [0.2, 0.25) is 0 Å². The van der Waals surface area contributed by atoms with Gasteiger partial charge in [-0.2, -0.15) is 5.26 Å². The minimum atomic E-state index is -0.594. The van der Waals surface area contributed by atoms with Crippen LogP contribution in [0.3, 0.4) is 0 Å². The Balaban J connectivity index is 1.51. The van der Waals surface area contributed by atoms with Gasteiger partial charge in [-0.15, -0.1) is 0 Å². The topological polar surface area (TPSA) is 86.3 Å². The predicted octanol–water partition coefficient (Wildman–Crippen LogP) is 4.54. The lowest BCUT2D eigenvalue weighted by molar-refractivity contribution is 0.148. The van der Waals surface area contributed by atoms with E-state index < -0.39 is 11.9 Å². The molecule has 4 aromatic rings. The van der Waals surface area contributed by atoms with Gasteiger partial charge >= 0.3 is 0 Å². The van der Waals surface area contributed by atoms with Crippen LogP contribution in [0.5, 0.6) is 5.75 Å². The molecule has 3 aromatic carbocycles. The van der Waals surface area contributed by atoms with Crippen molar-refractivity contribution in [3.63, 3.8) is 0 Å². The molecule has 1 fully saturated rings. The molecular weight excluding hydrogens is 476 g/mol. The van der Waals surface area contributed by atoms with Gasteiger partial charge in [0, 0.05) is 30.3 Å². The van der Waals surface area contributed by atoms with Crippen LogP contribution in [-0.4, -0.2) is 45.8 Å². The van der Waals surface area contributed by atoms with Gasteiger partial charge in [-0.25, -0.2) is 13.8 Å². The molecule has 3 heterocycles. The normalized spacial score (nSPS) is 20.2. The molecule has 2 atom stereocenters. The van der Waals surface area contributed by atoms with Gasteiger partial charge in [0.1, 0.15) is 24.0 Å². The molecule has 0 aliphatic carbocycles. The van der Waals surface area contributed by atoms with E-state index in [0.717, 1.165) is 22.2 Å². The average Bonchev–Trinajstić information content (AvgIpc) is 3.34. The number of likely N-dealkylation sites (N-methyl/N-ethyl adjacent to an activating group) is 1. The SMILES string of the molecule is CN1C[C@@H](O)[C@@H](n2c(NC#N)nc3cc(C=C4c5ccc(F)cc5COc5cc(F)ccc54)ccc32)C1. The van der Waals surface area contributed by atoms with Crippen LogP contribution in [-0.2, 0) is 6.61 Å². The van der Waals surface area contributed by atoms with Crippen LogP contribution >= 0.6 is 0 Å². The molecule has 2 N–H and O–H groups in total. The highest BCUT2D eigenvalue weighted by atomic mass is 19.1. The highest BCUT2D eigenvalue weighted by molar-refractivity contribution is 5.96. The number of β-amino-alcohol motifs (C(OH)–C–C–N with tert-alkyl or cyclic N) is 1. The van der Waals surface area contributed by atoms with Crippen molar-refractivity contribution >= 4 is 28.6 Å². The van der Waals surface area contributed by atoms with E-state index in [2.05, 4.69) is 10.3 Å². The second-order valence-corrected chi connectivity index (χ2v) is 9.43. The Morgan fingerprint density at radius 2 is 1.86 bits per heavy atom. The Hall–Kier alpha value is -4.26. The molecule has 9 heteroatoms. The van der Waals surface area contributed by atoms with Gasteiger partial charge in [0.25, 0.3) is 0 Å². The molecule has 2 aliphatic rings. The zero-order chi connectivity index (χ0) is 25.7. The third-order valence-corrected chi connectivity index (χ3v) is 6.94. The van der Waals surface area contributed by atoms with Gasteiger partial charge in [-0.1, -0.05) is 12.1 Å². The summed E-state index contributed by atoms with van der Waals surface area (Å²) in [4.78, 5) is 6.67. The Kier molecular flexibility index (Phi) is 5.63. The van der Waals surface area contributed by atoms with Crippen molar-refractivity contribution in [3.05, 3.63) is 88.5 Å². The summed E-state index contributed by atoms with van der Waals surface area (Å²) in [5.74, 6) is -0.0400. The quantitative estimate of drug-likeness (QED) is 0.318. The third-order valence-electron chi connectivity index (χ3n) is 6.94. The van der Waals surface area contributed by atoms with E-state index in [1.807, 2.05) is 47.0 Å². The van der Waals surface area contributed by atoms with Crippen LogP contribution in [0.15, 0.2) is 54.6 Å². The van der Waals surface area contributed by atoms with Crippen LogP contribution in [0.4, 0.5) is 14.7 Å². The van der Waals surface area contributed by atoms with E-state index in [9.17, 15) is 19.1 Å². The molecule has 37 heavy (non-hydrogen) atoms. The lowest BCUT2D eigenvalue weighted by Gasteiger charge is -2.18. The fourth-order valence-electron chi connectivity index (χ4n) is 5.30. The van der Waals surface area contributed by atoms with Crippen LogP contribution in [0, 0.1) is 23.1 Å². The molecule has 1 saturated heterocycles. The van der Waals surface area contributed by atoms with Crippen molar-refractivity contribution in [2.45, 2.75) is 18.8 Å². The number of imidazole rings is 1. The largest absolute Gasteiger partial charge is 0.488 e. The van der Waals surface area contributed by atoms with Crippen LogP contribution in [0.25, 0.3) is 22.7 Å². The molecular formula is C28H23F2N5O2. The van der Waals surface area contributed by atoms with Crippen molar-refractivity contribution in [3.8, 4) is 11.9 Å². The molecule has 0 unspecified atom stereocenters. The Morgan fingerprint density at radius 1 is 1.08 bits per heavy atom. The van der Waals surface area contributed by atoms with Gasteiger partial charge in [-0.3, -0.25) is 5.32 Å². The van der Waals surface area contributed by atoms with Gasteiger partial charge < -0.3 is 19.3 Å². The lowest BCUT2D eigenvalue weighted by atomic mass is 9.92. The van der Waals surface area contributed by atoms with Crippen molar-refractivity contribution in [2.24, 2.45) is 0 Å². The molecule has 0 bridgehead atoms. The first kappa shape index (κ1) is 23.2. The number of aromatic nitrogens is 2. The van der Waals surface area contributed by atoms with Crippen molar-refractivity contribution in [1.29, 1.82) is 5.26 Å². The number of halogens is 2. The zero-order valence-corrected chi connectivity index (χ0v) is 19.9. The van der Waals surface area contributed by atoms with Crippen molar-refractivity contribution in [1.82, 2.24) is 14.5 Å². The van der Waals surface area contributed by atoms with Gasteiger partial charge in [0.15, 0.2) is 6.19 Å². The standard InChI is InChI=1S/C28H23F2N5O2/c1-34-12-25(26(36)13-34)35-24-7-2-16(9-23(24)33-28(35)32-15-31)8-22-20-5-3-18(29)10-17(20)14-37-27-11-19(30)4-6-21(22)27/h2-11,25-26,36H,12-14H2,1H3,(H,32,33)/t25-,26+/m0/s1. The molecule has 6 rings (SSSR count). The van der Waals surface area contributed by atoms with E-state index in [1.165, 1.54) is 24.3 Å². The Bertz CT molecular complexity index is 1550. The predicted molar refractivity (Wildman–Crippen MR) is 136 cm³/mol. The maximum absolute atomic E-state index is 14.0. The van der Waals surface area contributed by atoms with Gasteiger partial charge in [-0.05, 0) is 66.2 Å². The van der Waals surface area contributed by atoms with Crippen LogP contribution in [0.1, 0.15) is 28.3 Å². The number of anilines is 1. The molecule has 0 radical (unpaired) electrons. The highest BCUT2D eigenvalue weighted by Gasteiger charge is 2.33. The van der Waals surface area contributed by atoms with E-state index in [1.54, 1.807) is 12.1 Å². The number of fused-ring (bicyclic) bond motifs is 3. The molecule has 2 aliphatic heterocycles. The average molecular weight is 500 g/mol. The number of aliphatic hydroxyl groups excluding tert-OH is 1. The molecule has 186 valence electrons. The smallest absolute Gasteiger partial charge is 0.217 e. The minimum absolute atomic E-state index is 0.117. The molecule has 0 amide bonds. The first-order valence-corrected chi connectivity index (χ1v) is 11.9. The Morgan fingerprint density at radius 3 is 2.62 bits per heavy atom. The number of hydrogen-bond donors (Lipinski definition) is 2. The maximum atomic E-state index is 14.0. The summed E-state index contributed by atoms with van der Waals surface area (Å²) in [6.45, 7) is 1.27. The second-order valence-electron chi connectivity index (χ2n) is 9.43. The Labute approximate surface area is 211 Å². The van der Waals surface area contributed by atoms with E-state index in [-0.39, 0.29) is 18.5 Å². The number of likely N-dealkylation sites (tertiary alicyclic amines) is 1. The summed E-state index contributed by atoms with van der Waals surface area (Å²) in [6.07, 6.45) is 3.28. The number of ether oxygens (including phenoxy) is 1. The first-order chi connectivity index (χ1) is 17.9. The zero-order valence-electron chi connectivity index (χ0n) is 19.9. The number of benzene rings is 3. The molecule has 1 aromatic heterocycles. The lowest BCUT2D eigenvalue weighted by Crippen LogP contribution is -2.23. The van der Waals surface area contributed by atoms with E-state index >= 15 is 0 Å². The third kappa shape index (κ3) is 4.10. The first-order valence-electron chi connectivity index (χ1n) is 11.9. The number of rotatable bonds is 3. The fourth-order valence-corrected chi connectivity index (χ4v) is 5.30. The van der Waals surface area contributed by atoms with E-state index in [4.69, 9.17) is 4.74 Å². The summed E-state index contributed by atoms with van der Waals surface area (Å²) >= 11 is 0. The fraction of sp³-hybridized carbons (Fsp3) is 0.214. The number of nitrogens with zero attached hydrogens (tertiary/aromatic N) is 4. The summed E-state index contributed by atoms with van der Waals surface area (Å²) in [6, 6.07) is 14.4. The summed E-state index contributed by atoms with van der Waals surface area (Å²) in [5, 5.41) is 22.6. The number of nitriles is 1. The molecule has 0 saturated carbocycles. The summed E-state index contributed by atoms with van der Waals surface area (Å²) < 4.78 is 35.8. The molecule has 7 nitrogen and oxygen atoms in total. The molecule has 0 spiro atoms. The second kappa shape index (κ2) is 9.00. The van der Waals surface area contributed by atoms with Gasteiger partial charge in [0.05, 0.1) is 23.2 Å². The summed E-state index contributed by atoms with van der Waals surface area (Å²) in [5.41, 5.74) is 5.17. The minimum Gasteiger partial charge on any atom is -0.488 e. The number of nitrogens with one attached hydrogen (secondary N) is 1. The van der Waals surface area contributed by atoms with Gasteiger partial charge in [0.2, 0.25) is 5.95 Å². The summed E-state index contributed by atoms with van der Waals surface area (Å²) in [7, 11) is 1.94. The van der Waals surface area contributed by atoms with Crippen molar-refractivity contribution in [2.75, 3.05) is 25.5 Å². The number of aliphatic hydroxyl groups is 1. The van der Waals surface area contributed by atoms with Crippen molar-refractivity contribution < 1.29 is 18.6 Å². The highest BCUT2D eigenvalue weighted by Crippen LogP contribution is 2.39. The maximum Gasteiger partial charge on any atom is 0.217 e. The monoisotopic (exact) mass is 499 g/mol.